The minimum absolute atomic E-state index is 0.0187. The maximum absolute atomic E-state index is 11.5. The SMILES string of the molecule is COC(=O)c1cc2ccc(C(O)C(O)CCSC(C)=O)cc2[nH]1. The largest absolute Gasteiger partial charge is 0.464 e. The smallest absolute Gasteiger partial charge is 0.354 e. The molecule has 1 aromatic carbocycles. The molecule has 2 aromatic rings. The Labute approximate surface area is 137 Å². The number of H-pyrrole nitrogens is 1. The van der Waals surface area contributed by atoms with Gasteiger partial charge < -0.3 is 19.9 Å². The zero-order valence-corrected chi connectivity index (χ0v) is 13.7. The number of thioether (sulfide) groups is 1. The molecule has 0 saturated carbocycles. The number of nitrogens with one attached hydrogen (secondary N) is 1. The van der Waals surface area contributed by atoms with E-state index in [0.29, 0.717) is 28.9 Å². The van der Waals surface area contributed by atoms with Gasteiger partial charge in [0.2, 0.25) is 0 Å². The van der Waals surface area contributed by atoms with Crippen LogP contribution in [0, 0.1) is 0 Å². The third kappa shape index (κ3) is 4.34. The van der Waals surface area contributed by atoms with Gasteiger partial charge in [-0.25, -0.2) is 4.79 Å². The molecule has 7 heteroatoms. The van der Waals surface area contributed by atoms with Crippen LogP contribution < -0.4 is 0 Å². The average Bonchev–Trinajstić information content (AvgIpc) is 2.95. The highest BCUT2D eigenvalue weighted by atomic mass is 32.2. The fraction of sp³-hybridized carbons (Fsp3) is 0.375. The first-order chi connectivity index (χ1) is 10.9. The maximum Gasteiger partial charge on any atom is 0.354 e. The molecule has 0 aliphatic carbocycles. The molecule has 3 N–H and O–H groups in total. The van der Waals surface area contributed by atoms with E-state index >= 15 is 0 Å². The van der Waals surface area contributed by atoms with Crippen molar-refractivity contribution in [2.75, 3.05) is 12.9 Å². The van der Waals surface area contributed by atoms with Crippen molar-refractivity contribution in [2.24, 2.45) is 0 Å². The van der Waals surface area contributed by atoms with E-state index in [1.807, 2.05) is 0 Å². The van der Waals surface area contributed by atoms with Gasteiger partial charge in [-0.3, -0.25) is 4.79 Å². The molecule has 0 aliphatic rings. The average molecular weight is 337 g/mol. The summed E-state index contributed by atoms with van der Waals surface area (Å²) in [5, 5.41) is 21.0. The monoisotopic (exact) mass is 337 g/mol. The van der Waals surface area contributed by atoms with Gasteiger partial charge in [0.1, 0.15) is 11.8 Å². The second-order valence-electron chi connectivity index (χ2n) is 5.16. The summed E-state index contributed by atoms with van der Waals surface area (Å²) in [5.41, 5.74) is 1.54. The Kier molecular flexibility index (Phi) is 5.81. The molecule has 1 heterocycles. The lowest BCUT2D eigenvalue weighted by Gasteiger charge is -2.17. The number of esters is 1. The van der Waals surface area contributed by atoms with Gasteiger partial charge in [0.15, 0.2) is 5.12 Å². The van der Waals surface area contributed by atoms with Crippen molar-refractivity contribution in [2.45, 2.75) is 25.6 Å². The van der Waals surface area contributed by atoms with Crippen LogP contribution in [0.3, 0.4) is 0 Å². The Morgan fingerprint density at radius 3 is 2.70 bits per heavy atom. The Bertz CT molecular complexity index is 712. The number of hydrogen-bond acceptors (Lipinski definition) is 6. The van der Waals surface area contributed by atoms with Crippen LogP contribution in [0.15, 0.2) is 24.3 Å². The van der Waals surface area contributed by atoms with E-state index in [4.69, 9.17) is 0 Å². The van der Waals surface area contributed by atoms with E-state index in [1.165, 1.54) is 14.0 Å². The first kappa shape index (κ1) is 17.5. The normalized spacial score (nSPS) is 13.7. The van der Waals surface area contributed by atoms with Crippen molar-refractivity contribution in [1.29, 1.82) is 0 Å². The second-order valence-corrected chi connectivity index (χ2v) is 6.43. The number of fused-ring (bicyclic) bond motifs is 1. The summed E-state index contributed by atoms with van der Waals surface area (Å²) in [5.74, 6) is -0.0188. The van der Waals surface area contributed by atoms with E-state index in [1.54, 1.807) is 24.3 Å². The van der Waals surface area contributed by atoms with Gasteiger partial charge in [0.25, 0.3) is 0 Å². The number of aliphatic hydroxyl groups is 2. The predicted octanol–water partition coefficient (Wildman–Crippen LogP) is 2.02. The fourth-order valence-corrected chi connectivity index (χ4v) is 2.90. The van der Waals surface area contributed by atoms with E-state index in [-0.39, 0.29) is 5.12 Å². The van der Waals surface area contributed by atoms with Crippen LogP contribution in [0.4, 0.5) is 0 Å². The summed E-state index contributed by atoms with van der Waals surface area (Å²) in [4.78, 5) is 25.3. The highest BCUT2D eigenvalue weighted by Crippen LogP contribution is 2.25. The summed E-state index contributed by atoms with van der Waals surface area (Å²) in [6.45, 7) is 1.46. The van der Waals surface area contributed by atoms with E-state index in [2.05, 4.69) is 9.72 Å². The molecule has 0 bridgehead atoms. The van der Waals surface area contributed by atoms with Crippen molar-refractivity contribution < 1.29 is 24.5 Å². The summed E-state index contributed by atoms with van der Waals surface area (Å²) in [6.07, 6.45) is -1.71. The molecular formula is C16H19NO5S. The minimum Gasteiger partial charge on any atom is -0.464 e. The molecule has 0 fully saturated rings. The molecule has 2 unspecified atom stereocenters. The van der Waals surface area contributed by atoms with Crippen molar-refractivity contribution in [1.82, 2.24) is 4.98 Å². The van der Waals surface area contributed by atoms with Crippen LogP contribution in [-0.2, 0) is 9.53 Å². The first-order valence-electron chi connectivity index (χ1n) is 7.13. The second kappa shape index (κ2) is 7.63. The number of aromatic amines is 1. The first-order valence-corrected chi connectivity index (χ1v) is 8.11. The molecule has 0 aliphatic heterocycles. The summed E-state index contributed by atoms with van der Waals surface area (Å²) < 4.78 is 4.66. The van der Waals surface area contributed by atoms with Crippen molar-refractivity contribution in [3.05, 3.63) is 35.5 Å². The number of aromatic nitrogens is 1. The number of carbonyl (C=O) groups excluding carboxylic acids is 2. The van der Waals surface area contributed by atoms with Crippen LogP contribution >= 0.6 is 11.8 Å². The Morgan fingerprint density at radius 1 is 1.30 bits per heavy atom. The molecule has 23 heavy (non-hydrogen) atoms. The lowest BCUT2D eigenvalue weighted by molar-refractivity contribution is -0.109. The van der Waals surface area contributed by atoms with Gasteiger partial charge in [-0.05, 0) is 24.1 Å². The maximum atomic E-state index is 11.5. The molecule has 0 amide bonds. The van der Waals surface area contributed by atoms with Crippen LogP contribution in [0.25, 0.3) is 10.9 Å². The molecule has 124 valence electrons. The summed E-state index contributed by atoms with van der Waals surface area (Å²) in [6, 6.07) is 6.81. The minimum atomic E-state index is -1.06. The lowest BCUT2D eigenvalue weighted by atomic mass is 10.0. The topological polar surface area (TPSA) is 99.6 Å². The number of hydrogen-bond donors (Lipinski definition) is 3. The molecule has 2 atom stereocenters. The Balaban J connectivity index is 2.12. The molecule has 0 radical (unpaired) electrons. The zero-order chi connectivity index (χ0) is 17.0. The predicted molar refractivity (Wildman–Crippen MR) is 88.4 cm³/mol. The van der Waals surface area contributed by atoms with E-state index in [9.17, 15) is 19.8 Å². The van der Waals surface area contributed by atoms with Gasteiger partial charge >= 0.3 is 5.97 Å². The highest BCUT2D eigenvalue weighted by Gasteiger charge is 2.19. The zero-order valence-electron chi connectivity index (χ0n) is 12.9. The van der Waals surface area contributed by atoms with Gasteiger partial charge in [-0.2, -0.15) is 0 Å². The fourth-order valence-electron chi connectivity index (χ4n) is 2.25. The van der Waals surface area contributed by atoms with Crippen molar-refractivity contribution in [3.63, 3.8) is 0 Å². The lowest BCUT2D eigenvalue weighted by Crippen LogP contribution is -2.19. The van der Waals surface area contributed by atoms with Gasteiger partial charge in [0.05, 0.1) is 13.2 Å². The number of rotatable bonds is 6. The molecule has 2 rings (SSSR count). The number of carbonyl (C=O) groups is 2. The van der Waals surface area contributed by atoms with Gasteiger partial charge in [-0.15, -0.1) is 0 Å². The number of benzene rings is 1. The van der Waals surface area contributed by atoms with E-state index in [0.717, 1.165) is 17.1 Å². The number of aliphatic hydroxyl groups excluding tert-OH is 2. The third-order valence-electron chi connectivity index (χ3n) is 3.48. The third-order valence-corrected chi connectivity index (χ3v) is 4.32. The quantitative estimate of drug-likeness (QED) is 0.697. The Hall–Kier alpha value is -1.83. The van der Waals surface area contributed by atoms with Crippen LogP contribution in [0.2, 0.25) is 0 Å². The van der Waals surface area contributed by atoms with Gasteiger partial charge in [-0.1, -0.05) is 23.9 Å². The molecule has 1 aromatic heterocycles. The molecule has 0 spiro atoms. The van der Waals surface area contributed by atoms with Crippen LogP contribution in [0.1, 0.15) is 35.5 Å². The van der Waals surface area contributed by atoms with Gasteiger partial charge in [0, 0.05) is 23.6 Å². The molecule has 6 nitrogen and oxygen atoms in total. The molecular weight excluding hydrogens is 318 g/mol. The Morgan fingerprint density at radius 2 is 2.04 bits per heavy atom. The van der Waals surface area contributed by atoms with Crippen molar-refractivity contribution >= 4 is 33.7 Å². The number of ether oxygens (including phenoxy) is 1. The standard InChI is InChI=1S/C16H19NO5S/c1-9(18)23-6-5-14(19)15(20)11-4-3-10-7-13(16(21)22-2)17-12(10)8-11/h3-4,7-8,14-15,17,19-20H,5-6H2,1-2H3. The van der Waals surface area contributed by atoms with Crippen molar-refractivity contribution in [3.8, 4) is 0 Å². The summed E-state index contributed by atoms with van der Waals surface area (Å²) >= 11 is 1.12. The van der Waals surface area contributed by atoms with Crippen LogP contribution in [0.5, 0.6) is 0 Å². The molecule has 0 saturated heterocycles. The van der Waals surface area contributed by atoms with E-state index < -0.39 is 18.2 Å². The highest BCUT2D eigenvalue weighted by molar-refractivity contribution is 8.13. The number of methoxy groups -OCH3 is 1. The van der Waals surface area contributed by atoms with Crippen LogP contribution in [-0.4, -0.2) is 45.2 Å². The summed E-state index contributed by atoms with van der Waals surface area (Å²) in [7, 11) is 1.30.